The molecule has 5 rings (SSSR count). The first-order valence-corrected chi connectivity index (χ1v) is 13.2. The quantitative estimate of drug-likeness (QED) is 0.238. The molecular formula is C26H24BrN3O5S. The Hall–Kier alpha value is -3.24. The average Bonchev–Trinajstić information content (AvgIpc) is 3.43. The van der Waals surface area contributed by atoms with E-state index in [-0.39, 0.29) is 16.8 Å². The number of hydrogen-bond acceptors (Lipinski definition) is 8. The summed E-state index contributed by atoms with van der Waals surface area (Å²) in [5, 5.41) is 9.77. The third-order valence-corrected chi connectivity index (χ3v) is 7.39. The highest BCUT2D eigenvalue weighted by Crippen LogP contribution is 2.44. The van der Waals surface area contributed by atoms with Crippen LogP contribution in [0.1, 0.15) is 58.9 Å². The minimum Gasteiger partial charge on any atom is -0.493 e. The molecule has 10 heteroatoms. The summed E-state index contributed by atoms with van der Waals surface area (Å²) in [5.41, 5.74) is 1.01. The van der Waals surface area contributed by atoms with Gasteiger partial charge in [-0.1, -0.05) is 53.1 Å². The van der Waals surface area contributed by atoms with Gasteiger partial charge < -0.3 is 13.9 Å². The smallest absolute Gasteiger partial charge is 0.297 e. The standard InChI is InChI=1S/C26H24BrN3O5S/c1-4-5-6-11-34-19-9-7-15(12-20(19)33-3)22-21-23(31)17-13-16(27)8-10-18(17)35-24(21)25(32)30(22)26-29-28-14(2)36-26/h7-10,12-13,22H,4-6,11H2,1-3H3. The van der Waals surface area contributed by atoms with Crippen LogP contribution in [0.25, 0.3) is 11.0 Å². The number of fused-ring (bicyclic) bond motifs is 2. The molecule has 1 atom stereocenters. The number of nitrogens with zero attached hydrogens (tertiary/aromatic N) is 3. The molecule has 36 heavy (non-hydrogen) atoms. The van der Waals surface area contributed by atoms with Crippen molar-refractivity contribution >= 4 is 49.3 Å². The highest BCUT2D eigenvalue weighted by Gasteiger charge is 2.45. The van der Waals surface area contributed by atoms with Crippen LogP contribution in [-0.4, -0.2) is 29.8 Å². The lowest BCUT2D eigenvalue weighted by atomic mass is 9.98. The largest absolute Gasteiger partial charge is 0.493 e. The summed E-state index contributed by atoms with van der Waals surface area (Å²) < 4.78 is 18.3. The lowest BCUT2D eigenvalue weighted by molar-refractivity contribution is 0.0970. The molecule has 0 radical (unpaired) electrons. The van der Waals surface area contributed by atoms with Crippen LogP contribution in [0.2, 0.25) is 0 Å². The molecule has 0 saturated heterocycles. The zero-order valence-electron chi connectivity index (χ0n) is 20.0. The van der Waals surface area contributed by atoms with E-state index in [1.54, 1.807) is 31.4 Å². The van der Waals surface area contributed by atoms with Crippen LogP contribution in [-0.2, 0) is 0 Å². The van der Waals surface area contributed by atoms with E-state index >= 15 is 0 Å². The molecule has 8 nitrogen and oxygen atoms in total. The fraction of sp³-hybridized carbons (Fsp3) is 0.308. The molecule has 0 spiro atoms. The Bertz CT molecular complexity index is 1520. The number of amides is 1. The number of halogens is 1. The van der Waals surface area contributed by atoms with Gasteiger partial charge in [-0.05, 0) is 49.2 Å². The Balaban J connectivity index is 1.66. The minimum absolute atomic E-state index is 0.00605. The van der Waals surface area contributed by atoms with Crippen LogP contribution < -0.4 is 19.8 Å². The molecule has 1 aliphatic heterocycles. The predicted molar refractivity (Wildman–Crippen MR) is 141 cm³/mol. The van der Waals surface area contributed by atoms with E-state index in [1.165, 1.54) is 16.2 Å². The maximum Gasteiger partial charge on any atom is 0.297 e. The van der Waals surface area contributed by atoms with Crippen LogP contribution in [0, 0.1) is 6.92 Å². The van der Waals surface area contributed by atoms with Gasteiger partial charge in [-0.3, -0.25) is 14.5 Å². The number of anilines is 1. The number of benzene rings is 2. The summed E-state index contributed by atoms with van der Waals surface area (Å²) in [7, 11) is 1.57. The molecule has 0 saturated carbocycles. The molecule has 0 fully saturated rings. The number of aromatic nitrogens is 2. The topological polar surface area (TPSA) is 94.8 Å². The van der Waals surface area contributed by atoms with Crippen molar-refractivity contribution in [3.05, 3.63) is 73.0 Å². The summed E-state index contributed by atoms with van der Waals surface area (Å²) in [6.45, 7) is 4.53. The third kappa shape index (κ3) is 4.28. The zero-order valence-corrected chi connectivity index (χ0v) is 22.4. The maximum absolute atomic E-state index is 13.8. The molecular weight excluding hydrogens is 546 g/mol. The van der Waals surface area contributed by atoms with Crippen molar-refractivity contribution in [2.45, 2.75) is 39.2 Å². The summed E-state index contributed by atoms with van der Waals surface area (Å²) in [5.74, 6) is 0.694. The number of carbonyl (C=O) groups excluding carboxylic acids is 1. The molecule has 0 aliphatic carbocycles. The molecule has 186 valence electrons. The Kier molecular flexibility index (Phi) is 6.81. The Morgan fingerprint density at radius 3 is 2.67 bits per heavy atom. The van der Waals surface area contributed by atoms with Crippen LogP contribution in [0.5, 0.6) is 11.5 Å². The lowest BCUT2D eigenvalue weighted by Gasteiger charge is -2.23. The van der Waals surface area contributed by atoms with E-state index in [0.717, 1.165) is 23.7 Å². The molecule has 3 heterocycles. The molecule has 0 N–H and O–H groups in total. The van der Waals surface area contributed by atoms with E-state index in [0.29, 0.717) is 44.8 Å². The van der Waals surface area contributed by atoms with E-state index in [1.807, 2.05) is 19.1 Å². The van der Waals surface area contributed by atoms with E-state index in [2.05, 4.69) is 33.1 Å². The van der Waals surface area contributed by atoms with Crippen molar-refractivity contribution in [2.24, 2.45) is 0 Å². The predicted octanol–water partition coefficient (Wildman–Crippen LogP) is 6.04. The summed E-state index contributed by atoms with van der Waals surface area (Å²) in [4.78, 5) is 28.9. The highest BCUT2D eigenvalue weighted by atomic mass is 79.9. The van der Waals surface area contributed by atoms with Gasteiger partial charge in [-0.15, -0.1) is 10.2 Å². The number of methoxy groups -OCH3 is 1. The van der Waals surface area contributed by atoms with Crippen molar-refractivity contribution in [1.82, 2.24) is 10.2 Å². The van der Waals surface area contributed by atoms with Gasteiger partial charge in [0, 0.05) is 4.47 Å². The monoisotopic (exact) mass is 569 g/mol. The normalized spacial score (nSPS) is 14.9. The summed E-state index contributed by atoms with van der Waals surface area (Å²) in [6, 6.07) is 9.84. The average molecular weight is 570 g/mol. The number of hydrogen-bond donors (Lipinski definition) is 0. The van der Waals surface area contributed by atoms with Crippen LogP contribution in [0.4, 0.5) is 5.13 Å². The van der Waals surface area contributed by atoms with Gasteiger partial charge in [0.25, 0.3) is 5.91 Å². The number of unbranched alkanes of at least 4 members (excludes halogenated alkanes) is 2. The van der Waals surface area contributed by atoms with Gasteiger partial charge in [-0.2, -0.15) is 0 Å². The van der Waals surface area contributed by atoms with Gasteiger partial charge in [0.2, 0.25) is 10.9 Å². The van der Waals surface area contributed by atoms with Crippen molar-refractivity contribution in [2.75, 3.05) is 18.6 Å². The van der Waals surface area contributed by atoms with E-state index in [9.17, 15) is 9.59 Å². The van der Waals surface area contributed by atoms with Gasteiger partial charge in [0.15, 0.2) is 16.9 Å². The molecule has 1 unspecified atom stereocenters. The third-order valence-electron chi connectivity index (χ3n) is 6.06. The second kappa shape index (κ2) is 10.0. The molecule has 0 bridgehead atoms. The van der Waals surface area contributed by atoms with Crippen LogP contribution in [0.3, 0.4) is 0 Å². The second-order valence-electron chi connectivity index (χ2n) is 8.46. The van der Waals surface area contributed by atoms with Gasteiger partial charge in [0.1, 0.15) is 10.6 Å². The molecule has 4 aromatic rings. The molecule has 2 aromatic carbocycles. The Labute approximate surface area is 220 Å². The highest BCUT2D eigenvalue weighted by molar-refractivity contribution is 9.10. The SMILES string of the molecule is CCCCCOc1ccc(C2c3c(oc4ccc(Br)cc4c3=O)C(=O)N2c2nnc(C)s2)cc1OC. The first kappa shape index (κ1) is 24.5. The Morgan fingerprint density at radius 2 is 1.94 bits per heavy atom. The van der Waals surface area contributed by atoms with Crippen molar-refractivity contribution in [3.63, 3.8) is 0 Å². The number of ether oxygens (including phenoxy) is 2. The fourth-order valence-electron chi connectivity index (χ4n) is 4.35. The molecule has 1 amide bonds. The van der Waals surface area contributed by atoms with Crippen molar-refractivity contribution in [3.8, 4) is 11.5 Å². The minimum atomic E-state index is -0.762. The maximum atomic E-state index is 13.8. The Morgan fingerprint density at radius 1 is 1.11 bits per heavy atom. The number of rotatable bonds is 8. The lowest BCUT2D eigenvalue weighted by Crippen LogP contribution is -2.29. The first-order valence-electron chi connectivity index (χ1n) is 11.6. The van der Waals surface area contributed by atoms with E-state index < -0.39 is 11.9 Å². The summed E-state index contributed by atoms with van der Waals surface area (Å²) >= 11 is 4.70. The van der Waals surface area contributed by atoms with Crippen LogP contribution in [0.15, 0.2) is 50.1 Å². The fourth-order valence-corrected chi connectivity index (χ4v) is 5.42. The van der Waals surface area contributed by atoms with Gasteiger partial charge >= 0.3 is 0 Å². The van der Waals surface area contributed by atoms with Crippen molar-refractivity contribution < 1.29 is 18.7 Å². The zero-order chi connectivity index (χ0) is 25.4. The van der Waals surface area contributed by atoms with E-state index in [4.69, 9.17) is 13.9 Å². The van der Waals surface area contributed by atoms with Gasteiger partial charge in [-0.25, -0.2) is 0 Å². The molecule has 2 aromatic heterocycles. The molecule has 1 aliphatic rings. The van der Waals surface area contributed by atoms with Gasteiger partial charge in [0.05, 0.1) is 30.7 Å². The summed E-state index contributed by atoms with van der Waals surface area (Å²) in [6.07, 6.45) is 3.13. The number of aryl methyl sites for hydroxylation is 1. The number of carbonyl (C=O) groups is 1. The first-order chi connectivity index (χ1) is 17.4. The van der Waals surface area contributed by atoms with Crippen LogP contribution >= 0.6 is 27.3 Å². The second-order valence-corrected chi connectivity index (χ2v) is 10.5. The van der Waals surface area contributed by atoms with Crippen molar-refractivity contribution in [1.29, 1.82) is 0 Å².